The van der Waals surface area contributed by atoms with Crippen LogP contribution in [-0.2, 0) is 49.6 Å². The molecule has 0 bridgehead atoms. The van der Waals surface area contributed by atoms with E-state index in [0.29, 0.717) is 17.7 Å². The Bertz CT molecular complexity index is 2160. The molecule has 0 saturated carbocycles. The van der Waals surface area contributed by atoms with Crippen molar-refractivity contribution in [1.82, 2.24) is 42.1 Å². The van der Waals surface area contributed by atoms with E-state index in [9.17, 15) is 53.4 Å². The maximum absolute atomic E-state index is 14.3. The van der Waals surface area contributed by atoms with Gasteiger partial charge in [0.25, 0.3) is 0 Å². The lowest BCUT2D eigenvalue weighted by Gasteiger charge is -2.30. The third kappa shape index (κ3) is 24.4. The summed E-state index contributed by atoms with van der Waals surface area (Å²) in [7, 11) is 0. The van der Waals surface area contributed by atoms with Crippen LogP contribution in [0.2, 0.25) is 0 Å². The van der Waals surface area contributed by atoms with Gasteiger partial charge in [-0.25, -0.2) is 0 Å². The van der Waals surface area contributed by atoms with E-state index in [1.165, 1.54) is 16.7 Å². The third-order valence-electron chi connectivity index (χ3n) is 12.2. The predicted octanol–water partition coefficient (Wildman–Crippen LogP) is -4.64. The molecule has 432 valence electrons. The van der Waals surface area contributed by atoms with Crippen LogP contribution >= 0.6 is 11.8 Å². The number of amides is 9. The molecule has 9 unspecified atom stereocenters. The number of aliphatic hydroxyl groups is 2. The summed E-state index contributed by atoms with van der Waals surface area (Å²) in [4.78, 5) is 132. The summed E-state index contributed by atoms with van der Waals surface area (Å²) < 4.78 is 0. The van der Waals surface area contributed by atoms with Gasteiger partial charge >= 0.3 is 0 Å². The number of nitrogens with two attached hydrogens (primary N) is 6. The van der Waals surface area contributed by atoms with E-state index in [-0.39, 0.29) is 101 Å². The van der Waals surface area contributed by atoms with Crippen molar-refractivity contribution in [3.8, 4) is 0 Å². The zero-order valence-electron chi connectivity index (χ0n) is 44.8. The Labute approximate surface area is 454 Å². The average Bonchev–Trinajstić information content (AvgIpc) is 3.87. The van der Waals surface area contributed by atoms with Crippen LogP contribution in [0.3, 0.4) is 0 Å². The topological polar surface area (TPSA) is 462 Å². The molecule has 1 aliphatic heterocycles. The van der Waals surface area contributed by atoms with Crippen LogP contribution in [0.1, 0.15) is 91.0 Å². The monoisotopic (exact) mass is 1100 g/mol. The van der Waals surface area contributed by atoms with Crippen LogP contribution in [-0.4, -0.2) is 179 Å². The Balaban J connectivity index is 2.39. The molecule has 1 heterocycles. The molecule has 9 amide bonds. The lowest BCUT2D eigenvalue weighted by atomic mass is 10.00. The van der Waals surface area contributed by atoms with Gasteiger partial charge in [0, 0.05) is 26.1 Å². The highest BCUT2D eigenvalue weighted by atomic mass is 32.2. The summed E-state index contributed by atoms with van der Waals surface area (Å²) in [6.45, 7) is 5.88. The molecule has 28 heteroatoms. The van der Waals surface area contributed by atoms with Crippen LogP contribution in [0.4, 0.5) is 0 Å². The summed E-state index contributed by atoms with van der Waals surface area (Å²) in [5, 5.41) is 38.1. The van der Waals surface area contributed by atoms with Gasteiger partial charge in [0.05, 0.1) is 13.2 Å². The molecule has 1 fully saturated rings. The number of benzene rings is 1. The first-order valence-corrected chi connectivity index (χ1v) is 27.1. The smallest absolute Gasteiger partial charge is 0.245 e. The van der Waals surface area contributed by atoms with Gasteiger partial charge in [0.15, 0.2) is 11.9 Å². The highest BCUT2D eigenvalue weighted by Gasteiger charge is 2.40. The Hall–Kier alpha value is -6.78. The first kappa shape index (κ1) is 66.3. The summed E-state index contributed by atoms with van der Waals surface area (Å²) >= 11 is 1.43. The number of guanidine groups is 2. The average molecular weight is 1110 g/mol. The number of hydrogen-bond acceptors (Lipinski definition) is 15. The zero-order valence-corrected chi connectivity index (χ0v) is 45.7. The van der Waals surface area contributed by atoms with Gasteiger partial charge in [-0.3, -0.25) is 53.1 Å². The minimum atomic E-state index is -1.60. The maximum atomic E-state index is 14.3. The lowest BCUT2D eigenvalue weighted by molar-refractivity contribution is -0.142. The Morgan fingerprint density at radius 2 is 1.06 bits per heavy atom. The molecule has 0 spiro atoms. The molecule has 1 aliphatic rings. The van der Waals surface area contributed by atoms with E-state index < -0.39 is 121 Å². The van der Waals surface area contributed by atoms with E-state index in [0.717, 1.165) is 0 Å². The molecule has 1 aromatic carbocycles. The Morgan fingerprint density at radius 3 is 1.51 bits per heavy atom. The van der Waals surface area contributed by atoms with Crippen molar-refractivity contribution in [2.75, 3.05) is 44.9 Å². The summed E-state index contributed by atoms with van der Waals surface area (Å²) in [6.07, 6.45) is 3.07. The van der Waals surface area contributed by atoms with Crippen molar-refractivity contribution in [3.63, 3.8) is 0 Å². The van der Waals surface area contributed by atoms with Crippen molar-refractivity contribution < 1.29 is 53.4 Å². The molecule has 0 radical (unpaired) electrons. The number of carbonyl (C=O) groups excluding carboxylic acids is 9. The molecule has 77 heavy (non-hydrogen) atoms. The number of aliphatic imine (C=N–C) groups is 2. The van der Waals surface area contributed by atoms with E-state index in [1.54, 1.807) is 58.0 Å². The molecular formula is C49H84N16O11S. The number of nitrogens with zero attached hydrogens (tertiary/aromatic N) is 3. The molecule has 1 aromatic rings. The van der Waals surface area contributed by atoms with Crippen molar-refractivity contribution in [2.45, 2.75) is 146 Å². The second-order valence-electron chi connectivity index (χ2n) is 19.6. The zero-order chi connectivity index (χ0) is 57.8. The SMILES string of the molecule is CSCCC(NC(=O)C(N)CO)C(=O)N1CCCC1C(=O)NC(CO)C(=O)NC(CC(C)C)C(=O)NC(CCCN=C(N)N)C(=O)NC(CC(C)C)C(=O)NC(CCCN=C(N)N)C(=O)NC(Cc1ccccc1)C(N)=O. The standard InChI is InChI=1S/C49H84N16O11S/c1-27(2)22-35(43(72)58-31(14-9-18-56-48(52)53)41(70)61-34(39(51)68)24-29-12-7-6-8-13-29)62-42(71)32(15-10-19-57-49(54)55)59-44(73)36(23-28(3)4)63-45(74)37(26-67)64-46(75)38-16-11-20-65(38)47(76)33(17-21-77-5)60-40(69)30(50)25-66/h6-8,12-13,27-28,30-38,66-67H,9-11,14-26,50H2,1-5H3,(H2,51,68)(H,58,72)(H,59,73)(H,60,69)(H,61,70)(H,62,71)(H,63,74)(H,64,75)(H4,52,53,56)(H4,54,55,57). The van der Waals surface area contributed by atoms with Crippen molar-refractivity contribution in [2.24, 2.45) is 56.2 Å². The van der Waals surface area contributed by atoms with Gasteiger partial charge in [-0.05, 0) is 87.2 Å². The third-order valence-corrected chi connectivity index (χ3v) is 12.8. The van der Waals surface area contributed by atoms with Crippen LogP contribution < -0.4 is 71.6 Å². The minimum Gasteiger partial charge on any atom is -0.394 e. The fraction of sp³-hybridized carbons (Fsp3) is 0.653. The fourth-order valence-electron chi connectivity index (χ4n) is 8.20. The largest absolute Gasteiger partial charge is 0.394 e. The van der Waals surface area contributed by atoms with Gasteiger partial charge < -0.3 is 86.7 Å². The van der Waals surface area contributed by atoms with Crippen molar-refractivity contribution >= 4 is 76.8 Å². The summed E-state index contributed by atoms with van der Waals surface area (Å²) in [6, 6.07) is -2.59. The Morgan fingerprint density at radius 1 is 0.610 bits per heavy atom. The quantitative estimate of drug-likeness (QED) is 0.0173. The normalized spacial score (nSPS) is 16.2. The first-order valence-electron chi connectivity index (χ1n) is 25.8. The molecule has 0 aromatic heterocycles. The van der Waals surface area contributed by atoms with Crippen LogP contribution in [0.5, 0.6) is 0 Å². The summed E-state index contributed by atoms with van der Waals surface area (Å²) in [5.41, 5.74) is 34.1. The number of aliphatic hydroxyl groups excluding tert-OH is 2. The second-order valence-corrected chi connectivity index (χ2v) is 20.6. The van der Waals surface area contributed by atoms with Crippen molar-refractivity contribution in [1.29, 1.82) is 0 Å². The molecule has 2 rings (SSSR count). The van der Waals surface area contributed by atoms with Gasteiger partial charge in [0.1, 0.15) is 54.4 Å². The predicted molar refractivity (Wildman–Crippen MR) is 291 cm³/mol. The number of carbonyl (C=O) groups is 9. The van der Waals surface area contributed by atoms with E-state index in [1.807, 2.05) is 6.26 Å². The number of rotatable bonds is 35. The van der Waals surface area contributed by atoms with E-state index in [2.05, 4.69) is 47.2 Å². The van der Waals surface area contributed by atoms with Gasteiger partial charge in [0.2, 0.25) is 53.2 Å². The van der Waals surface area contributed by atoms with Crippen LogP contribution in [0.15, 0.2) is 40.3 Å². The number of primary amides is 1. The molecule has 9 atom stereocenters. The molecule has 27 nitrogen and oxygen atoms in total. The fourth-order valence-corrected chi connectivity index (χ4v) is 8.68. The van der Waals surface area contributed by atoms with E-state index in [4.69, 9.17) is 34.4 Å². The lowest BCUT2D eigenvalue weighted by Crippen LogP contribution is -2.61. The molecule has 21 N–H and O–H groups in total. The highest BCUT2D eigenvalue weighted by molar-refractivity contribution is 7.98. The second kappa shape index (κ2) is 34.8. The van der Waals surface area contributed by atoms with Crippen molar-refractivity contribution in [3.05, 3.63) is 35.9 Å². The molecular weight excluding hydrogens is 1020 g/mol. The van der Waals surface area contributed by atoms with E-state index >= 15 is 0 Å². The Kier molecular flexibility index (Phi) is 30.0. The number of nitrogens with one attached hydrogen (secondary N) is 7. The molecule has 1 saturated heterocycles. The van der Waals surface area contributed by atoms with Gasteiger partial charge in [-0.1, -0.05) is 58.0 Å². The number of thioether (sulfide) groups is 1. The maximum Gasteiger partial charge on any atom is 0.245 e. The van der Waals surface area contributed by atoms with Crippen LogP contribution in [0.25, 0.3) is 0 Å². The number of likely N-dealkylation sites (tertiary alicyclic amines) is 1. The highest BCUT2D eigenvalue weighted by Crippen LogP contribution is 2.21. The minimum absolute atomic E-state index is 0.00194. The molecule has 0 aliphatic carbocycles. The first-order chi connectivity index (χ1) is 36.4. The number of hydrogen-bond donors (Lipinski definition) is 15. The van der Waals surface area contributed by atoms with Gasteiger partial charge in [-0.15, -0.1) is 0 Å². The summed E-state index contributed by atoms with van der Waals surface area (Å²) in [5.74, 6) is -7.38. The van der Waals surface area contributed by atoms with Gasteiger partial charge in [-0.2, -0.15) is 11.8 Å². The van der Waals surface area contributed by atoms with Crippen LogP contribution in [0, 0.1) is 11.8 Å².